The van der Waals surface area contributed by atoms with E-state index >= 15 is 0 Å². The highest BCUT2D eigenvalue weighted by Gasteiger charge is 2.10. The second-order valence-corrected chi connectivity index (χ2v) is 9.29. The molecule has 4 aromatic rings. The summed E-state index contributed by atoms with van der Waals surface area (Å²) >= 11 is 0. The molecule has 0 atom stereocenters. The zero-order valence-electron chi connectivity index (χ0n) is 20.0. The Bertz CT molecular complexity index is 1170. The summed E-state index contributed by atoms with van der Waals surface area (Å²) in [4.78, 5) is 15.0. The minimum atomic E-state index is 0.811. The van der Waals surface area contributed by atoms with Gasteiger partial charge < -0.3 is 20.5 Å². The van der Waals surface area contributed by atoms with Gasteiger partial charge in [0.1, 0.15) is 0 Å². The molecule has 178 valence electrons. The van der Waals surface area contributed by atoms with Gasteiger partial charge in [0.05, 0.1) is 11.2 Å². The van der Waals surface area contributed by atoms with Gasteiger partial charge in [0.2, 0.25) is 0 Å². The van der Waals surface area contributed by atoms with Gasteiger partial charge >= 0.3 is 0 Å². The fourth-order valence-electron chi connectivity index (χ4n) is 5.07. The number of hydrogen-bond donors (Lipinski definition) is 3. The molecule has 34 heavy (non-hydrogen) atoms. The van der Waals surface area contributed by atoms with Crippen LogP contribution in [-0.4, -0.2) is 59.1 Å². The highest BCUT2D eigenvalue weighted by Crippen LogP contribution is 2.26. The second kappa shape index (κ2) is 11.6. The van der Waals surface area contributed by atoms with Crippen molar-refractivity contribution in [3.63, 3.8) is 0 Å². The van der Waals surface area contributed by atoms with Gasteiger partial charge in [0.25, 0.3) is 0 Å². The van der Waals surface area contributed by atoms with Crippen molar-refractivity contribution in [1.82, 2.24) is 30.5 Å². The molecular formula is C28H36N6. The van der Waals surface area contributed by atoms with Gasteiger partial charge in [-0.05, 0) is 69.0 Å². The fourth-order valence-corrected chi connectivity index (χ4v) is 5.07. The summed E-state index contributed by atoms with van der Waals surface area (Å²) < 4.78 is 0. The van der Waals surface area contributed by atoms with E-state index in [9.17, 15) is 0 Å². The molecule has 0 spiro atoms. The Hall–Kier alpha value is -2.80. The molecule has 1 aliphatic heterocycles. The van der Waals surface area contributed by atoms with Gasteiger partial charge in [-0.2, -0.15) is 0 Å². The number of benzene rings is 1. The predicted molar refractivity (Wildman–Crippen MR) is 140 cm³/mol. The smallest absolute Gasteiger partial charge is 0.0782 e. The molecule has 0 bridgehead atoms. The SMILES string of the molecule is c1ccc2c(c1)[nH]c1c(CNCCCN3CCNCC3)nccc12.c1cnc2c(c1)CCCC2. The third-order valence-corrected chi connectivity index (χ3v) is 6.93. The summed E-state index contributed by atoms with van der Waals surface area (Å²) in [5, 5.41) is 9.48. The highest BCUT2D eigenvalue weighted by atomic mass is 15.2. The van der Waals surface area contributed by atoms with Crippen molar-refractivity contribution in [2.24, 2.45) is 0 Å². The maximum Gasteiger partial charge on any atom is 0.0782 e. The van der Waals surface area contributed by atoms with Gasteiger partial charge in [0, 0.05) is 67.1 Å². The Morgan fingerprint density at radius 2 is 1.76 bits per heavy atom. The van der Waals surface area contributed by atoms with Crippen LogP contribution in [0.3, 0.4) is 0 Å². The molecule has 1 aromatic carbocycles. The van der Waals surface area contributed by atoms with E-state index in [-0.39, 0.29) is 0 Å². The summed E-state index contributed by atoms with van der Waals surface area (Å²) in [6.07, 6.45) is 10.1. The molecule has 3 aromatic heterocycles. The van der Waals surface area contributed by atoms with Crippen LogP contribution in [0.25, 0.3) is 21.8 Å². The molecule has 2 aliphatic rings. The van der Waals surface area contributed by atoms with Gasteiger partial charge in [-0.3, -0.25) is 9.97 Å². The monoisotopic (exact) mass is 456 g/mol. The number of rotatable bonds is 6. The number of aromatic nitrogens is 3. The minimum Gasteiger partial charge on any atom is -0.353 e. The van der Waals surface area contributed by atoms with Crippen LogP contribution in [0.4, 0.5) is 0 Å². The predicted octanol–water partition coefficient (Wildman–Crippen LogP) is 4.06. The van der Waals surface area contributed by atoms with Gasteiger partial charge in [-0.15, -0.1) is 0 Å². The number of pyridine rings is 2. The van der Waals surface area contributed by atoms with E-state index in [0.717, 1.165) is 37.4 Å². The van der Waals surface area contributed by atoms with E-state index in [1.54, 1.807) is 0 Å². The molecule has 6 nitrogen and oxygen atoms in total. The lowest BCUT2D eigenvalue weighted by atomic mass is 9.96. The number of aromatic amines is 1. The summed E-state index contributed by atoms with van der Waals surface area (Å²) in [6.45, 7) is 7.62. The average molecular weight is 457 g/mol. The molecule has 0 amide bonds. The molecule has 1 aliphatic carbocycles. The van der Waals surface area contributed by atoms with Crippen LogP contribution in [0.15, 0.2) is 54.9 Å². The van der Waals surface area contributed by atoms with Crippen LogP contribution >= 0.6 is 0 Å². The van der Waals surface area contributed by atoms with Crippen LogP contribution in [0.1, 0.15) is 36.2 Å². The maximum atomic E-state index is 4.58. The van der Waals surface area contributed by atoms with Gasteiger partial charge in [-0.25, -0.2) is 0 Å². The summed E-state index contributed by atoms with van der Waals surface area (Å²) in [6, 6.07) is 14.8. The summed E-state index contributed by atoms with van der Waals surface area (Å²) in [7, 11) is 0. The number of nitrogens with one attached hydrogen (secondary N) is 3. The minimum absolute atomic E-state index is 0.811. The van der Waals surface area contributed by atoms with E-state index in [2.05, 4.69) is 66.9 Å². The van der Waals surface area contributed by atoms with E-state index < -0.39 is 0 Å². The van der Waals surface area contributed by atoms with E-state index in [4.69, 9.17) is 0 Å². The molecule has 0 unspecified atom stereocenters. The van der Waals surface area contributed by atoms with Crippen molar-refractivity contribution >= 4 is 21.8 Å². The molecule has 1 saturated heterocycles. The molecule has 6 rings (SSSR count). The first-order chi connectivity index (χ1) is 16.9. The first-order valence-electron chi connectivity index (χ1n) is 12.8. The normalized spacial score (nSPS) is 16.2. The van der Waals surface area contributed by atoms with Gasteiger partial charge in [-0.1, -0.05) is 24.3 Å². The number of hydrogen-bond acceptors (Lipinski definition) is 5. The van der Waals surface area contributed by atoms with E-state index in [1.807, 2.05) is 18.5 Å². The van der Waals surface area contributed by atoms with Gasteiger partial charge in [0.15, 0.2) is 0 Å². The lowest BCUT2D eigenvalue weighted by molar-refractivity contribution is 0.237. The molecular weight excluding hydrogens is 420 g/mol. The standard InChI is InChI=1S/C19H25N5.C9H11N/c1-2-5-17-15(4-1)16-6-8-22-18(19(16)23-17)14-21-7-3-11-24-12-9-20-10-13-24;1-2-6-9-8(4-1)5-3-7-10-9/h1-2,4-6,8,20-21,23H,3,7,9-14H2;3,5,7H,1-2,4,6H2. The lowest BCUT2D eigenvalue weighted by Crippen LogP contribution is -2.44. The van der Waals surface area contributed by atoms with Crippen LogP contribution < -0.4 is 10.6 Å². The Kier molecular flexibility index (Phi) is 7.81. The van der Waals surface area contributed by atoms with Crippen molar-refractivity contribution in [3.05, 3.63) is 71.8 Å². The lowest BCUT2D eigenvalue weighted by Gasteiger charge is -2.27. The Morgan fingerprint density at radius 1 is 0.882 bits per heavy atom. The highest BCUT2D eigenvalue weighted by molar-refractivity contribution is 6.07. The van der Waals surface area contributed by atoms with Crippen molar-refractivity contribution in [1.29, 1.82) is 0 Å². The molecule has 6 heteroatoms. The number of nitrogens with zero attached hydrogens (tertiary/aromatic N) is 3. The largest absolute Gasteiger partial charge is 0.353 e. The Balaban J connectivity index is 0.000000200. The Morgan fingerprint density at radius 3 is 2.68 bits per heavy atom. The summed E-state index contributed by atoms with van der Waals surface area (Å²) in [5.41, 5.74) is 6.24. The zero-order chi connectivity index (χ0) is 23.0. The Labute approximate surface area is 202 Å². The third kappa shape index (κ3) is 5.63. The average Bonchev–Trinajstić information content (AvgIpc) is 3.29. The van der Waals surface area contributed by atoms with Crippen molar-refractivity contribution < 1.29 is 0 Å². The molecule has 1 fully saturated rings. The van der Waals surface area contributed by atoms with Crippen molar-refractivity contribution in [3.8, 4) is 0 Å². The number of aryl methyl sites for hydroxylation is 2. The van der Waals surface area contributed by atoms with Crippen LogP contribution in [-0.2, 0) is 19.4 Å². The summed E-state index contributed by atoms with van der Waals surface area (Å²) in [5.74, 6) is 0. The van der Waals surface area contributed by atoms with Crippen LogP contribution in [0, 0.1) is 0 Å². The first kappa shape index (κ1) is 23.0. The van der Waals surface area contributed by atoms with Crippen molar-refractivity contribution in [2.45, 2.75) is 38.6 Å². The van der Waals surface area contributed by atoms with Crippen LogP contribution in [0.5, 0.6) is 0 Å². The molecule has 0 saturated carbocycles. The number of H-pyrrole nitrogens is 1. The number of piperazine rings is 1. The maximum absolute atomic E-state index is 4.58. The second-order valence-electron chi connectivity index (χ2n) is 9.29. The van der Waals surface area contributed by atoms with Crippen LogP contribution in [0.2, 0.25) is 0 Å². The molecule has 0 radical (unpaired) electrons. The molecule has 4 heterocycles. The third-order valence-electron chi connectivity index (χ3n) is 6.93. The number of para-hydroxylation sites is 1. The van der Waals surface area contributed by atoms with E-state index in [0.29, 0.717) is 0 Å². The number of fused-ring (bicyclic) bond motifs is 4. The molecule has 3 N–H and O–H groups in total. The topological polar surface area (TPSA) is 68.9 Å². The fraction of sp³-hybridized carbons (Fsp3) is 0.429. The quantitative estimate of drug-likeness (QED) is 0.382. The van der Waals surface area contributed by atoms with Crippen molar-refractivity contribution in [2.75, 3.05) is 39.3 Å². The van der Waals surface area contributed by atoms with E-state index in [1.165, 1.54) is 79.3 Å². The zero-order valence-corrected chi connectivity index (χ0v) is 20.0. The first-order valence-corrected chi connectivity index (χ1v) is 12.8.